The molecule has 1 atom stereocenters. The third-order valence-corrected chi connectivity index (χ3v) is 9.11. The molecule has 0 N–H and O–H groups in total. The van der Waals surface area contributed by atoms with Gasteiger partial charge in [-0.15, -0.1) is 0 Å². The number of sulfonamides is 1. The topological polar surface area (TPSA) is 40.6 Å². The second kappa shape index (κ2) is 11.5. The molecule has 3 aromatic carbocycles. The smallest absolute Gasteiger partial charge is 0.242 e. The molecule has 34 heavy (non-hydrogen) atoms. The molecule has 0 saturated carbocycles. The van der Waals surface area contributed by atoms with Crippen molar-refractivity contribution in [2.45, 2.75) is 36.0 Å². The summed E-state index contributed by atoms with van der Waals surface area (Å²) in [6, 6.07) is 27.2. The molecule has 0 bridgehead atoms. The van der Waals surface area contributed by atoms with E-state index in [1.165, 1.54) is 9.87 Å². The monoisotopic (exact) mass is 496 g/mol. The van der Waals surface area contributed by atoms with Gasteiger partial charge >= 0.3 is 0 Å². The van der Waals surface area contributed by atoms with Crippen LogP contribution in [0.1, 0.15) is 42.2 Å². The number of hydrogen-bond donors (Lipinski definition) is 0. The lowest BCUT2D eigenvalue weighted by Gasteiger charge is -2.33. The quantitative estimate of drug-likeness (QED) is 0.364. The maximum atomic E-state index is 13.1. The van der Waals surface area contributed by atoms with Gasteiger partial charge in [-0.05, 0) is 74.1 Å². The predicted molar refractivity (Wildman–Crippen MR) is 140 cm³/mol. The molecule has 1 aliphatic rings. The predicted octanol–water partition coefficient (Wildman–Crippen LogP) is 6.01. The molecule has 0 aromatic heterocycles. The molecule has 0 unspecified atom stereocenters. The van der Waals surface area contributed by atoms with E-state index in [2.05, 4.69) is 35.2 Å². The molecule has 1 aliphatic heterocycles. The first-order valence-corrected chi connectivity index (χ1v) is 13.8. The fourth-order valence-electron chi connectivity index (χ4n) is 4.89. The lowest BCUT2D eigenvalue weighted by atomic mass is 9.89. The molecule has 0 spiro atoms. The van der Waals surface area contributed by atoms with Gasteiger partial charge in [0, 0.05) is 24.5 Å². The van der Waals surface area contributed by atoms with Crippen molar-refractivity contribution in [2.75, 3.05) is 33.2 Å². The minimum atomic E-state index is -3.56. The number of rotatable bonds is 9. The van der Waals surface area contributed by atoms with Crippen LogP contribution < -0.4 is 0 Å². The van der Waals surface area contributed by atoms with Crippen molar-refractivity contribution in [3.8, 4) is 0 Å². The summed E-state index contributed by atoms with van der Waals surface area (Å²) in [5, 5.41) is 0.695. The summed E-state index contributed by atoms with van der Waals surface area (Å²) in [6.45, 7) is 3.44. The van der Waals surface area contributed by atoms with Crippen LogP contribution in [-0.2, 0) is 10.0 Å². The van der Waals surface area contributed by atoms with Gasteiger partial charge in [0.25, 0.3) is 0 Å². The van der Waals surface area contributed by atoms with Crippen molar-refractivity contribution in [3.63, 3.8) is 0 Å². The van der Waals surface area contributed by atoms with E-state index in [4.69, 9.17) is 11.6 Å². The highest BCUT2D eigenvalue weighted by molar-refractivity contribution is 7.89. The Morgan fingerprint density at radius 1 is 0.912 bits per heavy atom. The molecular weight excluding hydrogens is 464 g/mol. The molecule has 4 nitrogen and oxygen atoms in total. The van der Waals surface area contributed by atoms with E-state index in [0.29, 0.717) is 22.4 Å². The highest BCUT2D eigenvalue weighted by Crippen LogP contribution is 2.31. The minimum Gasteiger partial charge on any atom is -0.303 e. The van der Waals surface area contributed by atoms with E-state index in [1.54, 1.807) is 31.3 Å². The van der Waals surface area contributed by atoms with Gasteiger partial charge in [0.05, 0.1) is 4.90 Å². The van der Waals surface area contributed by atoms with Crippen LogP contribution in [0.2, 0.25) is 5.02 Å². The third kappa shape index (κ3) is 6.08. The van der Waals surface area contributed by atoms with Crippen molar-refractivity contribution in [3.05, 3.63) is 101 Å². The van der Waals surface area contributed by atoms with Crippen LogP contribution in [-0.4, -0.2) is 50.8 Å². The summed E-state index contributed by atoms with van der Waals surface area (Å²) in [5.41, 5.74) is 2.45. The fourth-order valence-corrected chi connectivity index (χ4v) is 6.41. The summed E-state index contributed by atoms with van der Waals surface area (Å²) in [4.78, 5) is 2.83. The Hall–Kier alpha value is -2.18. The van der Waals surface area contributed by atoms with Gasteiger partial charge in [0.2, 0.25) is 10.0 Å². The van der Waals surface area contributed by atoms with Crippen LogP contribution in [0.4, 0.5) is 0 Å². The van der Waals surface area contributed by atoms with Gasteiger partial charge in [-0.3, -0.25) is 0 Å². The standard InChI is InChI=1S/C28H33ClN2O2S/c1-30(34(32,33)26-12-6-3-7-13-26)22-25(27-14-8-9-15-28(27)29)18-21-31-19-16-24(17-20-31)23-10-4-2-5-11-23/h2-15,24-25H,16-22H2,1H3/t25-/m1/s1. The van der Waals surface area contributed by atoms with Crippen molar-refractivity contribution >= 4 is 21.6 Å². The summed E-state index contributed by atoms with van der Waals surface area (Å²) >= 11 is 6.56. The molecule has 1 fully saturated rings. The molecule has 3 aromatic rings. The molecule has 0 aliphatic carbocycles. The van der Waals surface area contributed by atoms with Crippen LogP contribution in [0.15, 0.2) is 89.8 Å². The Kier molecular flexibility index (Phi) is 8.43. The zero-order chi connectivity index (χ0) is 24.0. The molecule has 6 heteroatoms. The second-order valence-electron chi connectivity index (χ2n) is 9.13. The summed E-state index contributed by atoms with van der Waals surface area (Å²) < 4.78 is 27.8. The first-order valence-electron chi connectivity index (χ1n) is 12.0. The number of halogens is 1. The van der Waals surface area contributed by atoms with E-state index in [0.717, 1.165) is 44.5 Å². The van der Waals surface area contributed by atoms with Crippen LogP contribution in [0.3, 0.4) is 0 Å². The summed E-state index contributed by atoms with van der Waals surface area (Å²) in [6.07, 6.45) is 3.17. The van der Waals surface area contributed by atoms with Crippen LogP contribution in [0.25, 0.3) is 0 Å². The summed E-state index contributed by atoms with van der Waals surface area (Å²) in [7, 11) is -1.90. The number of benzene rings is 3. The molecule has 0 amide bonds. The number of likely N-dealkylation sites (N-methyl/N-ethyl adjacent to an activating group) is 1. The number of likely N-dealkylation sites (tertiary alicyclic amines) is 1. The Morgan fingerprint density at radius 2 is 1.50 bits per heavy atom. The zero-order valence-corrected chi connectivity index (χ0v) is 21.3. The Labute approximate surface area is 209 Å². The lowest BCUT2D eigenvalue weighted by molar-refractivity contribution is 0.203. The van der Waals surface area contributed by atoms with Crippen molar-refractivity contribution in [1.29, 1.82) is 0 Å². The Morgan fingerprint density at radius 3 is 2.15 bits per heavy atom. The maximum absolute atomic E-state index is 13.1. The average molecular weight is 497 g/mol. The van der Waals surface area contributed by atoms with Gasteiger partial charge in [-0.25, -0.2) is 12.7 Å². The Balaban J connectivity index is 1.42. The van der Waals surface area contributed by atoms with Crippen molar-refractivity contribution in [1.82, 2.24) is 9.21 Å². The first-order chi connectivity index (χ1) is 16.4. The van der Waals surface area contributed by atoms with E-state index in [1.807, 2.05) is 30.3 Å². The van der Waals surface area contributed by atoms with Gasteiger partial charge in [0.15, 0.2) is 0 Å². The number of hydrogen-bond acceptors (Lipinski definition) is 3. The van der Waals surface area contributed by atoms with E-state index in [9.17, 15) is 8.42 Å². The van der Waals surface area contributed by atoms with Gasteiger partial charge in [-0.1, -0.05) is 78.3 Å². The van der Waals surface area contributed by atoms with E-state index in [-0.39, 0.29) is 5.92 Å². The normalized spacial score (nSPS) is 16.6. The Bertz CT molecular complexity index is 1150. The average Bonchev–Trinajstić information content (AvgIpc) is 2.88. The molecular formula is C28H33ClN2O2S. The highest BCUT2D eigenvalue weighted by atomic mass is 35.5. The van der Waals surface area contributed by atoms with E-state index < -0.39 is 10.0 Å². The van der Waals surface area contributed by atoms with Crippen LogP contribution in [0, 0.1) is 0 Å². The lowest BCUT2D eigenvalue weighted by Crippen LogP contribution is -2.36. The van der Waals surface area contributed by atoms with Crippen LogP contribution in [0.5, 0.6) is 0 Å². The van der Waals surface area contributed by atoms with Crippen molar-refractivity contribution < 1.29 is 8.42 Å². The molecule has 4 rings (SSSR count). The van der Waals surface area contributed by atoms with Gasteiger partial charge in [-0.2, -0.15) is 0 Å². The molecule has 1 heterocycles. The molecule has 1 saturated heterocycles. The first kappa shape index (κ1) is 24.9. The van der Waals surface area contributed by atoms with Crippen molar-refractivity contribution in [2.24, 2.45) is 0 Å². The van der Waals surface area contributed by atoms with Gasteiger partial charge < -0.3 is 4.90 Å². The molecule has 180 valence electrons. The second-order valence-corrected chi connectivity index (χ2v) is 11.6. The summed E-state index contributed by atoms with van der Waals surface area (Å²) in [5.74, 6) is 0.642. The third-order valence-electron chi connectivity index (χ3n) is 6.93. The van der Waals surface area contributed by atoms with Crippen LogP contribution >= 0.6 is 11.6 Å². The minimum absolute atomic E-state index is 0.0176. The highest BCUT2D eigenvalue weighted by Gasteiger charge is 2.27. The maximum Gasteiger partial charge on any atom is 0.242 e. The largest absolute Gasteiger partial charge is 0.303 e. The fraction of sp³-hybridized carbons (Fsp3) is 0.357. The zero-order valence-electron chi connectivity index (χ0n) is 19.7. The number of piperidine rings is 1. The SMILES string of the molecule is CN(C[C@@H](CCN1CCC(c2ccccc2)CC1)c1ccccc1Cl)S(=O)(=O)c1ccccc1. The molecule has 0 radical (unpaired) electrons. The number of nitrogens with zero attached hydrogens (tertiary/aromatic N) is 2. The van der Waals surface area contributed by atoms with Gasteiger partial charge in [0.1, 0.15) is 0 Å². The van der Waals surface area contributed by atoms with E-state index >= 15 is 0 Å².